The normalized spacial score (nSPS) is 24.6. The van der Waals surface area contributed by atoms with Crippen LogP contribution in [-0.4, -0.2) is 64.3 Å². The number of rotatable bonds is 4. The molecule has 2 atom stereocenters. The van der Waals surface area contributed by atoms with E-state index in [1.54, 1.807) is 6.33 Å². The standard InChI is InChI=1S/C18H21N7O2/c26-14-8-12-2-3-13(9-14)25(12)18(27)11-1-4-16-15(7-11)19-10-24(16)6-5-17-20-22-23-21-17/h1,4,7,10,12-14,26H,2-3,5-6,8-9H2,(H,20,21,22,23). The molecule has 0 spiro atoms. The molecular formula is C18H21N7O2. The van der Waals surface area contributed by atoms with Crippen molar-refractivity contribution in [3.63, 3.8) is 0 Å². The largest absolute Gasteiger partial charge is 0.393 e. The summed E-state index contributed by atoms with van der Waals surface area (Å²) in [7, 11) is 0. The van der Waals surface area contributed by atoms with Crippen LogP contribution >= 0.6 is 0 Å². The molecule has 4 heterocycles. The molecule has 5 rings (SSSR count). The second-order valence-corrected chi connectivity index (χ2v) is 7.44. The van der Waals surface area contributed by atoms with Crippen molar-refractivity contribution in [2.45, 2.75) is 56.8 Å². The molecule has 1 amide bonds. The number of aryl methyl sites for hydroxylation is 2. The van der Waals surface area contributed by atoms with Crippen LogP contribution < -0.4 is 0 Å². The summed E-state index contributed by atoms with van der Waals surface area (Å²) in [6.45, 7) is 0.692. The van der Waals surface area contributed by atoms with Gasteiger partial charge in [-0.1, -0.05) is 5.21 Å². The molecule has 9 nitrogen and oxygen atoms in total. The second kappa shape index (κ2) is 6.41. The summed E-state index contributed by atoms with van der Waals surface area (Å²) >= 11 is 0. The molecule has 2 bridgehead atoms. The topological polar surface area (TPSA) is 113 Å². The fraction of sp³-hybridized carbons (Fsp3) is 0.500. The van der Waals surface area contributed by atoms with Crippen LogP contribution in [0.25, 0.3) is 11.0 Å². The summed E-state index contributed by atoms with van der Waals surface area (Å²) in [5.74, 6) is 0.712. The Hall–Kier alpha value is -2.81. The van der Waals surface area contributed by atoms with E-state index in [0.717, 1.165) is 23.9 Å². The molecule has 2 aliphatic rings. The number of nitrogens with zero attached hydrogens (tertiary/aromatic N) is 6. The minimum Gasteiger partial charge on any atom is -0.393 e. The van der Waals surface area contributed by atoms with Crippen molar-refractivity contribution >= 4 is 16.9 Å². The lowest BCUT2D eigenvalue weighted by Crippen LogP contribution is -2.48. The highest BCUT2D eigenvalue weighted by Crippen LogP contribution is 2.37. The summed E-state index contributed by atoms with van der Waals surface area (Å²) in [4.78, 5) is 19.5. The highest BCUT2D eigenvalue weighted by molar-refractivity contribution is 5.98. The summed E-state index contributed by atoms with van der Waals surface area (Å²) in [5, 5.41) is 23.9. The zero-order chi connectivity index (χ0) is 18.4. The van der Waals surface area contributed by atoms with Crippen molar-refractivity contribution in [1.82, 2.24) is 35.1 Å². The molecule has 3 aromatic rings. The van der Waals surface area contributed by atoms with Crippen LogP contribution in [0.4, 0.5) is 0 Å². The van der Waals surface area contributed by atoms with Crippen molar-refractivity contribution < 1.29 is 9.90 Å². The van der Waals surface area contributed by atoms with Gasteiger partial charge < -0.3 is 14.6 Å². The fourth-order valence-electron chi connectivity index (χ4n) is 4.51. The van der Waals surface area contributed by atoms with Gasteiger partial charge >= 0.3 is 0 Å². The summed E-state index contributed by atoms with van der Waals surface area (Å²) in [6.07, 6.45) is 5.51. The lowest BCUT2D eigenvalue weighted by molar-refractivity contribution is 0.0287. The average molecular weight is 367 g/mol. The van der Waals surface area contributed by atoms with Gasteiger partial charge in [-0.2, -0.15) is 5.21 Å². The van der Waals surface area contributed by atoms with Crippen LogP contribution in [-0.2, 0) is 13.0 Å². The first-order valence-corrected chi connectivity index (χ1v) is 9.37. The third-order valence-corrected chi connectivity index (χ3v) is 5.78. The van der Waals surface area contributed by atoms with Gasteiger partial charge in [0, 0.05) is 30.6 Å². The lowest BCUT2D eigenvalue weighted by Gasteiger charge is -2.37. The van der Waals surface area contributed by atoms with Crippen LogP contribution in [0.1, 0.15) is 41.9 Å². The van der Waals surface area contributed by atoms with E-state index in [4.69, 9.17) is 0 Å². The molecule has 0 aliphatic carbocycles. The van der Waals surface area contributed by atoms with Gasteiger partial charge in [-0.15, -0.1) is 10.2 Å². The quantitative estimate of drug-likeness (QED) is 0.709. The van der Waals surface area contributed by atoms with Gasteiger partial charge in [0.25, 0.3) is 5.91 Å². The molecule has 2 saturated heterocycles. The van der Waals surface area contributed by atoms with Gasteiger partial charge in [-0.3, -0.25) is 4.79 Å². The zero-order valence-corrected chi connectivity index (χ0v) is 14.8. The number of hydrogen-bond donors (Lipinski definition) is 2. The Kier molecular flexibility index (Phi) is 3.89. The highest BCUT2D eigenvalue weighted by atomic mass is 16.3. The molecule has 2 aromatic heterocycles. The van der Waals surface area contributed by atoms with Gasteiger partial charge in [0.1, 0.15) is 0 Å². The molecule has 27 heavy (non-hydrogen) atoms. The number of amides is 1. The van der Waals surface area contributed by atoms with Crippen molar-refractivity contribution in [1.29, 1.82) is 0 Å². The number of nitrogens with one attached hydrogen (secondary N) is 1. The van der Waals surface area contributed by atoms with Crippen LogP contribution in [0.3, 0.4) is 0 Å². The molecule has 9 heteroatoms. The predicted octanol–water partition coefficient (Wildman–Crippen LogP) is 0.920. The number of carbonyl (C=O) groups is 1. The minimum atomic E-state index is -0.274. The Morgan fingerprint density at radius 3 is 2.81 bits per heavy atom. The van der Waals surface area contributed by atoms with E-state index < -0.39 is 0 Å². The van der Waals surface area contributed by atoms with E-state index in [9.17, 15) is 9.90 Å². The number of aliphatic hydroxyl groups excluding tert-OH is 1. The van der Waals surface area contributed by atoms with E-state index in [2.05, 4.69) is 25.6 Å². The monoisotopic (exact) mass is 367 g/mol. The van der Waals surface area contributed by atoms with Gasteiger partial charge in [0.05, 0.1) is 23.5 Å². The summed E-state index contributed by atoms with van der Waals surface area (Å²) in [5.41, 5.74) is 2.45. The number of aromatic nitrogens is 6. The Balaban J connectivity index is 1.36. The van der Waals surface area contributed by atoms with Crippen molar-refractivity contribution in [2.24, 2.45) is 0 Å². The van der Waals surface area contributed by atoms with E-state index in [1.165, 1.54) is 0 Å². The number of aromatic amines is 1. The smallest absolute Gasteiger partial charge is 0.254 e. The number of imidazole rings is 1. The third-order valence-electron chi connectivity index (χ3n) is 5.78. The lowest BCUT2D eigenvalue weighted by atomic mass is 9.98. The molecule has 2 aliphatic heterocycles. The second-order valence-electron chi connectivity index (χ2n) is 7.44. The zero-order valence-electron chi connectivity index (χ0n) is 14.8. The van der Waals surface area contributed by atoms with Crippen molar-refractivity contribution in [3.8, 4) is 0 Å². The van der Waals surface area contributed by atoms with E-state index in [-0.39, 0.29) is 24.1 Å². The van der Waals surface area contributed by atoms with Crippen LogP contribution in [0, 0.1) is 0 Å². The molecular weight excluding hydrogens is 346 g/mol. The van der Waals surface area contributed by atoms with Gasteiger partial charge in [0.15, 0.2) is 5.82 Å². The SMILES string of the molecule is O=C(c1ccc2c(c1)ncn2CCc1nn[nH]n1)N1C2CCC1CC(O)C2. The number of carbonyl (C=O) groups excluding carboxylic acids is 1. The van der Waals surface area contributed by atoms with Crippen LogP contribution in [0.5, 0.6) is 0 Å². The Bertz CT molecular complexity index is 953. The fourth-order valence-corrected chi connectivity index (χ4v) is 4.51. The molecule has 140 valence electrons. The Labute approximate surface area is 155 Å². The van der Waals surface area contributed by atoms with Gasteiger partial charge in [-0.25, -0.2) is 4.98 Å². The van der Waals surface area contributed by atoms with Gasteiger partial charge in [-0.05, 0) is 43.9 Å². The van der Waals surface area contributed by atoms with Gasteiger partial charge in [0.2, 0.25) is 0 Å². The van der Waals surface area contributed by atoms with E-state index in [1.807, 2.05) is 27.7 Å². The first-order chi connectivity index (χ1) is 13.2. The first kappa shape index (κ1) is 16.4. The summed E-state index contributed by atoms with van der Waals surface area (Å²) < 4.78 is 2.03. The molecule has 2 unspecified atom stereocenters. The first-order valence-electron chi connectivity index (χ1n) is 9.37. The number of tetrazole rings is 1. The molecule has 2 fully saturated rings. The molecule has 1 aromatic carbocycles. The third kappa shape index (κ3) is 2.87. The number of aliphatic hydroxyl groups is 1. The van der Waals surface area contributed by atoms with Crippen LogP contribution in [0.15, 0.2) is 24.5 Å². The minimum absolute atomic E-state index is 0.0534. The number of benzene rings is 1. The maximum absolute atomic E-state index is 13.1. The number of fused-ring (bicyclic) bond motifs is 3. The predicted molar refractivity (Wildman–Crippen MR) is 95.8 cm³/mol. The molecule has 2 N–H and O–H groups in total. The van der Waals surface area contributed by atoms with Crippen molar-refractivity contribution in [2.75, 3.05) is 0 Å². The Morgan fingerprint density at radius 2 is 2.07 bits per heavy atom. The Morgan fingerprint density at radius 1 is 1.26 bits per heavy atom. The average Bonchev–Trinajstić information content (AvgIpc) is 3.38. The maximum Gasteiger partial charge on any atom is 0.254 e. The van der Waals surface area contributed by atoms with Crippen LogP contribution in [0.2, 0.25) is 0 Å². The molecule has 0 radical (unpaired) electrons. The van der Waals surface area contributed by atoms with E-state index >= 15 is 0 Å². The number of H-pyrrole nitrogens is 1. The maximum atomic E-state index is 13.1. The molecule has 0 saturated carbocycles. The van der Waals surface area contributed by atoms with Crippen molar-refractivity contribution in [3.05, 3.63) is 35.9 Å². The highest BCUT2D eigenvalue weighted by Gasteiger charge is 2.42. The number of hydrogen-bond acceptors (Lipinski definition) is 6. The number of piperidine rings is 1. The summed E-state index contributed by atoms with van der Waals surface area (Å²) in [6, 6.07) is 6.02. The van der Waals surface area contributed by atoms with E-state index in [0.29, 0.717) is 37.2 Å².